The molecule has 0 saturated heterocycles. The third kappa shape index (κ3) is 30.2. The Kier molecular flexibility index (Phi) is 29.3. The van der Waals surface area contributed by atoms with Crippen molar-refractivity contribution in [1.29, 1.82) is 0 Å². The van der Waals surface area contributed by atoms with Crippen LogP contribution in [0.15, 0.2) is 60.8 Å². The van der Waals surface area contributed by atoms with Crippen molar-refractivity contribution in [1.82, 2.24) is 0 Å². The summed E-state index contributed by atoms with van der Waals surface area (Å²) in [6, 6.07) is 0. The fourth-order valence-corrected chi connectivity index (χ4v) is 4.37. The molecule has 0 amide bonds. The van der Waals surface area contributed by atoms with Gasteiger partial charge in [0.1, 0.15) is 6.10 Å². The zero-order valence-electron chi connectivity index (χ0n) is 25.9. The Labute approximate surface area is 246 Å². The zero-order valence-corrected chi connectivity index (χ0v) is 25.9. The minimum Gasteiger partial charge on any atom is -0.481 e. The van der Waals surface area contributed by atoms with Gasteiger partial charge in [-0.1, -0.05) is 126 Å². The van der Waals surface area contributed by atoms with E-state index in [0.717, 1.165) is 77.0 Å². The molecule has 0 rings (SSSR count). The molecule has 0 bridgehead atoms. The molecular formula is C36H60O4. The number of allylic oxidation sites excluding steroid dienone is 10. The van der Waals surface area contributed by atoms with Gasteiger partial charge in [0, 0.05) is 12.8 Å². The van der Waals surface area contributed by atoms with E-state index < -0.39 is 5.97 Å². The van der Waals surface area contributed by atoms with Gasteiger partial charge >= 0.3 is 11.9 Å². The predicted octanol–water partition coefficient (Wildman–Crippen LogP) is 11.0. The van der Waals surface area contributed by atoms with Crippen molar-refractivity contribution in [2.45, 2.75) is 155 Å². The second-order valence-electron chi connectivity index (χ2n) is 10.6. The van der Waals surface area contributed by atoms with Gasteiger partial charge in [0.25, 0.3) is 0 Å². The van der Waals surface area contributed by atoms with Crippen molar-refractivity contribution in [3.05, 3.63) is 60.8 Å². The lowest BCUT2D eigenvalue weighted by atomic mass is 10.0. The first-order valence-electron chi connectivity index (χ1n) is 16.3. The van der Waals surface area contributed by atoms with Crippen LogP contribution in [0, 0.1) is 0 Å². The zero-order chi connectivity index (χ0) is 29.4. The van der Waals surface area contributed by atoms with Crippen LogP contribution in [0.1, 0.15) is 149 Å². The molecule has 1 unspecified atom stereocenters. The van der Waals surface area contributed by atoms with Gasteiger partial charge in [-0.15, -0.1) is 0 Å². The molecule has 0 aliphatic heterocycles. The minimum atomic E-state index is -0.827. The van der Waals surface area contributed by atoms with Crippen molar-refractivity contribution in [2.24, 2.45) is 0 Å². The van der Waals surface area contributed by atoms with Crippen LogP contribution in [-0.4, -0.2) is 23.1 Å². The number of rotatable bonds is 28. The summed E-state index contributed by atoms with van der Waals surface area (Å²) in [7, 11) is 0. The summed E-state index contributed by atoms with van der Waals surface area (Å²) in [6.45, 7) is 4.38. The molecule has 40 heavy (non-hydrogen) atoms. The van der Waals surface area contributed by atoms with Crippen molar-refractivity contribution in [3.8, 4) is 0 Å². The number of carbonyl (C=O) groups is 2. The van der Waals surface area contributed by atoms with Crippen LogP contribution < -0.4 is 0 Å². The van der Waals surface area contributed by atoms with Gasteiger partial charge < -0.3 is 9.84 Å². The van der Waals surface area contributed by atoms with Gasteiger partial charge in [-0.3, -0.25) is 9.59 Å². The molecule has 0 aliphatic rings. The Morgan fingerprint density at radius 2 is 1.07 bits per heavy atom. The molecule has 0 aromatic carbocycles. The van der Waals surface area contributed by atoms with Crippen molar-refractivity contribution in [2.75, 3.05) is 0 Å². The lowest BCUT2D eigenvalue weighted by molar-refractivity contribution is -0.151. The molecule has 0 heterocycles. The fourth-order valence-electron chi connectivity index (χ4n) is 4.37. The Bertz CT molecular complexity index is 729. The van der Waals surface area contributed by atoms with Crippen molar-refractivity contribution >= 4 is 11.9 Å². The van der Waals surface area contributed by atoms with Crippen LogP contribution in [0.2, 0.25) is 0 Å². The standard InChI is InChI=1S/C36H60O4/c1-3-5-7-9-11-13-14-15-16-17-18-19-20-21-22-23-25-27-29-31-36(39)40-34(32-33-35(37)38)30-28-26-24-12-10-8-6-4-2/h5,7,11,13,15-16,18-19,21-22,34H,3-4,6,8-10,12,14,17,20,23-33H2,1-2H3,(H,37,38)/b7-5-,13-11-,16-15-,19-18-,22-21-. The SMILES string of the molecule is CC/C=C\C/C=C\C/C=C\C/C=C\C/C=C\CCCCCC(=O)OC(CCCCCCCCCC)CCC(=O)O. The van der Waals surface area contributed by atoms with Crippen LogP contribution in [-0.2, 0) is 14.3 Å². The van der Waals surface area contributed by atoms with E-state index in [1.165, 1.54) is 38.5 Å². The second kappa shape index (κ2) is 31.2. The number of unbranched alkanes of at least 4 members (excludes halogenated alkanes) is 10. The largest absolute Gasteiger partial charge is 0.481 e. The second-order valence-corrected chi connectivity index (χ2v) is 10.6. The number of hydrogen-bond acceptors (Lipinski definition) is 3. The van der Waals surface area contributed by atoms with Crippen LogP contribution in [0.3, 0.4) is 0 Å². The third-order valence-electron chi connectivity index (χ3n) is 6.77. The smallest absolute Gasteiger partial charge is 0.306 e. The topological polar surface area (TPSA) is 63.6 Å². The molecule has 0 fully saturated rings. The van der Waals surface area contributed by atoms with E-state index in [0.29, 0.717) is 12.8 Å². The highest BCUT2D eigenvalue weighted by atomic mass is 16.5. The molecule has 4 heteroatoms. The molecule has 0 aromatic heterocycles. The van der Waals surface area contributed by atoms with E-state index >= 15 is 0 Å². The molecule has 0 radical (unpaired) electrons. The number of hydrogen-bond donors (Lipinski definition) is 1. The first-order valence-corrected chi connectivity index (χ1v) is 16.3. The Hall–Kier alpha value is -2.36. The maximum atomic E-state index is 12.3. The van der Waals surface area contributed by atoms with Gasteiger partial charge in [-0.05, 0) is 70.6 Å². The van der Waals surface area contributed by atoms with E-state index in [4.69, 9.17) is 9.84 Å². The summed E-state index contributed by atoms with van der Waals surface area (Å²) < 4.78 is 5.66. The molecule has 0 aliphatic carbocycles. The highest BCUT2D eigenvalue weighted by molar-refractivity contribution is 5.69. The number of ether oxygens (including phenoxy) is 1. The van der Waals surface area contributed by atoms with Gasteiger partial charge in [-0.25, -0.2) is 0 Å². The van der Waals surface area contributed by atoms with E-state index in [2.05, 4.69) is 74.6 Å². The molecule has 228 valence electrons. The van der Waals surface area contributed by atoms with Gasteiger partial charge in [0.2, 0.25) is 0 Å². The number of aliphatic carboxylic acids is 1. The van der Waals surface area contributed by atoms with E-state index in [-0.39, 0.29) is 18.5 Å². The number of carboxylic acids is 1. The summed E-state index contributed by atoms with van der Waals surface area (Å²) in [5.41, 5.74) is 0. The molecule has 0 aromatic rings. The highest BCUT2D eigenvalue weighted by Crippen LogP contribution is 2.16. The monoisotopic (exact) mass is 556 g/mol. The molecule has 1 atom stereocenters. The Balaban J connectivity index is 3.86. The van der Waals surface area contributed by atoms with E-state index in [1.54, 1.807) is 0 Å². The molecule has 4 nitrogen and oxygen atoms in total. The van der Waals surface area contributed by atoms with Gasteiger partial charge in [0.15, 0.2) is 0 Å². The summed E-state index contributed by atoms with van der Waals surface area (Å²) in [5.74, 6) is -1.00. The van der Waals surface area contributed by atoms with Crippen LogP contribution in [0.25, 0.3) is 0 Å². The third-order valence-corrected chi connectivity index (χ3v) is 6.77. The molecule has 0 spiro atoms. The van der Waals surface area contributed by atoms with Crippen LogP contribution >= 0.6 is 0 Å². The quantitative estimate of drug-likeness (QED) is 0.0591. The molecule has 0 saturated carbocycles. The lowest BCUT2D eigenvalue weighted by Gasteiger charge is -2.17. The Morgan fingerprint density at radius 3 is 1.62 bits per heavy atom. The summed E-state index contributed by atoms with van der Waals surface area (Å²) in [6.07, 6.45) is 42.3. The maximum Gasteiger partial charge on any atom is 0.306 e. The number of carbonyl (C=O) groups excluding carboxylic acids is 1. The van der Waals surface area contributed by atoms with Gasteiger partial charge in [-0.2, -0.15) is 0 Å². The summed E-state index contributed by atoms with van der Waals surface area (Å²) >= 11 is 0. The normalized spacial score (nSPS) is 13.1. The van der Waals surface area contributed by atoms with Crippen molar-refractivity contribution in [3.63, 3.8) is 0 Å². The lowest BCUT2D eigenvalue weighted by Crippen LogP contribution is -2.19. The van der Waals surface area contributed by atoms with Crippen LogP contribution in [0.4, 0.5) is 0 Å². The predicted molar refractivity (Wildman–Crippen MR) is 172 cm³/mol. The Morgan fingerprint density at radius 1 is 0.575 bits per heavy atom. The minimum absolute atomic E-state index is 0.0578. The van der Waals surface area contributed by atoms with Gasteiger partial charge in [0.05, 0.1) is 0 Å². The first-order chi connectivity index (χ1) is 19.6. The maximum absolute atomic E-state index is 12.3. The highest BCUT2D eigenvalue weighted by Gasteiger charge is 2.15. The first kappa shape index (κ1) is 37.6. The van der Waals surface area contributed by atoms with E-state index in [1.807, 2.05) is 0 Å². The fraction of sp³-hybridized carbons (Fsp3) is 0.667. The van der Waals surface area contributed by atoms with Crippen LogP contribution in [0.5, 0.6) is 0 Å². The average molecular weight is 557 g/mol. The molecular weight excluding hydrogens is 496 g/mol. The van der Waals surface area contributed by atoms with Crippen molar-refractivity contribution < 1.29 is 19.4 Å². The molecule has 1 N–H and O–H groups in total. The number of carboxylic acid groups (broad SMARTS) is 1. The average Bonchev–Trinajstić information content (AvgIpc) is 2.94. The summed E-state index contributed by atoms with van der Waals surface area (Å²) in [5, 5.41) is 9.03. The number of esters is 1. The van der Waals surface area contributed by atoms with E-state index in [9.17, 15) is 9.59 Å². The summed E-state index contributed by atoms with van der Waals surface area (Å²) in [4.78, 5) is 23.3.